The van der Waals surface area contributed by atoms with Gasteiger partial charge in [-0.1, -0.05) is 0 Å². The molecule has 1 aromatic rings. The maximum absolute atomic E-state index is 5.99. The maximum Gasteiger partial charge on any atom is 0.231 e. The summed E-state index contributed by atoms with van der Waals surface area (Å²) in [6.07, 6.45) is 2.23. The van der Waals surface area contributed by atoms with Crippen LogP contribution < -0.4 is 20.5 Å². The van der Waals surface area contributed by atoms with Crippen molar-refractivity contribution in [3.05, 3.63) is 18.2 Å². The molecule has 1 heterocycles. The fourth-order valence-corrected chi connectivity index (χ4v) is 1.62. The molecule has 0 saturated heterocycles. The first kappa shape index (κ1) is 8.85. The van der Waals surface area contributed by atoms with Gasteiger partial charge in [0.15, 0.2) is 11.5 Å². The third-order valence-corrected chi connectivity index (χ3v) is 2.91. The highest BCUT2D eigenvalue weighted by Crippen LogP contribution is 2.36. The molecule has 1 saturated carbocycles. The number of nitrogens with two attached hydrogens (primary N) is 1. The fourth-order valence-electron chi connectivity index (χ4n) is 1.62. The lowest BCUT2D eigenvalue weighted by atomic mass is 10.2. The van der Waals surface area contributed by atoms with Crippen molar-refractivity contribution in [2.24, 2.45) is 5.73 Å². The van der Waals surface area contributed by atoms with E-state index in [2.05, 4.69) is 5.32 Å². The number of rotatable bonds is 3. The Morgan fingerprint density at radius 3 is 2.87 bits per heavy atom. The van der Waals surface area contributed by atoms with Crippen LogP contribution in [0.2, 0.25) is 0 Å². The Morgan fingerprint density at radius 2 is 2.07 bits per heavy atom. The van der Waals surface area contributed by atoms with Crippen molar-refractivity contribution in [2.45, 2.75) is 18.4 Å². The molecule has 4 nitrogen and oxygen atoms in total. The Labute approximate surface area is 88.4 Å². The summed E-state index contributed by atoms with van der Waals surface area (Å²) in [5.41, 5.74) is 7.05. The molecule has 2 aliphatic rings. The summed E-state index contributed by atoms with van der Waals surface area (Å²) in [5.74, 6) is 1.62. The molecule has 0 bridgehead atoms. The Morgan fingerprint density at radius 1 is 1.27 bits per heavy atom. The summed E-state index contributed by atoms with van der Waals surface area (Å²) in [7, 11) is 0. The molecule has 0 atom stereocenters. The van der Waals surface area contributed by atoms with Gasteiger partial charge in [0, 0.05) is 23.8 Å². The highest BCUT2D eigenvalue weighted by atomic mass is 16.7. The van der Waals surface area contributed by atoms with Crippen LogP contribution in [0.4, 0.5) is 5.69 Å². The molecule has 1 aliphatic heterocycles. The molecule has 1 aliphatic carbocycles. The molecule has 3 N–H and O–H groups in total. The second-order valence-corrected chi connectivity index (χ2v) is 4.28. The van der Waals surface area contributed by atoms with Crippen LogP contribution in [0.25, 0.3) is 0 Å². The van der Waals surface area contributed by atoms with Gasteiger partial charge in [0.2, 0.25) is 6.79 Å². The van der Waals surface area contributed by atoms with Gasteiger partial charge in [-0.15, -0.1) is 0 Å². The lowest BCUT2D eigenvalue weighted by Gasteiger charge is -2.11. The van der Waals surface area contributed by atoms with Gasteiger partial charge < -0.3 is 20.5 Å². The topological polar surface area (TPSA) is 56.5 Å². The van der Waals surface area contributed by atoms with Crippen molar-refractivity contribution in [1.82, 2.24) is 0 Å². The van der Waals surface area contributed by atoms with Gasteiger partial charge in [0.05, 0.1) is 0 Å². The van der Waals surface area contributed by atoms with Crippen LogP contribution in [-0.4, -0.2) is 18.9 Å². The van der Waals surface area contributed by atoms with Crippen LogP contribution in [0.1, 0.15) is 12.8 Å². The standard InChI is InChI=1S/C11H14N2O2/c12-11(3-4-11)6-13-8-1-2-9-10(5-8)15-7-14-9/h1-2,5,13H,3-4,6-7,12H2. The Kier molecular flexibility index (Phi) is 1.79. The lowest BCUT2D eigenvalue weighted by molar-refractivity contribution is 0.174. The van der Waals surface area contributed by atoms with Gasteiger partial charge in [-0.2, -0.15) is 0 Å². The number of ether oxygens (including phenoxy) is 2. The monoisotopic (exact) mass is 206 g/mol. The molecule has 1 fully saturated rings. The maximum atomic E-state index is 5.99. The van der Waals surface area contributed by atoms with E-state index >= 15 is 0 Å². The first-order valence-electron chi connectivity index (χ1n) is 5.18. The summed E-state index contributed by atoms with van der Waals surface area (Å²) in [4.78, 5) is 0. The van der Waals surface area contributed by atoms with E-state index in [1.54, 1.807) is 0 Å². The zero-order chi connectivity index (χ0) is 10.3. The highest BCUT2D eigenvalue weighted by molar-refractivity contribution is 5.55. The molecule has 0 amide bonds. The van der Waals surface area contributed by atoms with Gasteiger partial charge in [-0.25, -0.2) is 0 Å². The average molecular weight is 206 g/mol. The largest absolute Gasteiger partial charge is 0.454 e. The van der Waals surface area contributed by atoms with Crippen LogP contribution in [0.5, 0.6) is 11.5 Å². The van der Waals surface area contributed by atoms with Crippen LogP contribution in [0.15, 0.2) is 18.2 Å². The highest BCUT2D eigenvalue weighted by Gasteiger charge is 2.37. The number of benzene rings is 1. The van der Waals surface area contributed by atoms with E-state index in [4.69, 9.17) is 15.2 Å². The Bertz CT molecular complexity index is 388. The molecule has 0 spiro atoms. The fraction of sp³-hybridized carbons (Fsp3) is 0.455. The first-order valence-corrected chi connectivity index (χ1v) is 5.18. The zero-order valence-electron chi connectivity index (χ0n) is 8.45. The van der Waals surface area contributed by atoms with E-state index in [9.17, 15) is 0 Å². The first-order chi connectivity index (χ1) is 7.25. The van der Waals surface area contributed by atoms with Crippen molar-refractivity contribution in [1.29, 1.82) is 0 Å². The van der Waals surface area contributed by atoms with Crippen LogP contribution in [0.3, 0.4) is 0 Å². The van der Waals surface area contributed by atoms with Gasteiger partial charge in [-0.05, 0) is 25.0 Å². The van der Waals surface area contributed by atoms with E-state index in [0.717, 1.165) is 36.6 Å². The minimum Gasteiger partial charge on any atom is -0.454 e. The number of nitrogens with one attached hydrogen (secondary N) is 1. The normalized spacial score (nSPS) is 20.1. The van der Waals surface area contributed by atoms with E-state index in [-0.39, 0.29) is 5.54 Å². The van der Waals surface area contributed by atoms with E-state index < -0.39 is 0 Å². The second-order valence-electron chi connectivity index (χ2n) is 4.28. The third-order valence-electron chi connectivity index (χ3n) is 2.91. The van der Waals surface area contributed by atoms with Crippen LogP contribution >= 0.6 is 0 Å². The Hall–Kier alpha value is -1.42. The van der Waals surface area contributed by atoms with E-state index in [1.807, 2.05) is 18.2 Å². The zero-order valence-corrected chi connectivity index (χ0v) is 8.45. The summed E-state index contributed by atoms with van der Waals surface area (Å²) in [6, 6.07) is 5.86. The van der Waals surface area contributed by atoms with Crippen molar-refractivity contribution >= 4 is 5.69 Å². The van der Waals surface area contributed by atoms with E-state index in [0.29, 0.717) is 6.79 Å². The Balaban J connectivity index is 1.70. The predicted octanol–water partition coefficient (Wildman–Crippen LogP) is 1.32. The summed E-state index contributed by atoms with van der Waals surface area (Å²) < 4.78 is 10.5. The number of hydrogen-bond acceptors (Lipinski definition) is 4. The minimum atomic E-state index is 0.0242. The SMILES string of the molecule is NC1(CNc2ccc3c(c2)OCO3)CC1. The molecule has 3 rings (SSSR count). The van der Waals surface area contributed by atoms with Gasteiger partial charge in [0.1, 0.15) is 0 Å². The van der Waals surface area contributed by atoms with E-state index in [1.165, 1.54) is 0 Å². The smallest absolute Gasteiger partial charge is 0.231 e. The summed E-state index contributed by atoms with van der Waals surface area (Å²) in [5, 5.41) is 3.32. The minimum absolute atomic E-state index is 0.0242. The predicted molar refractivity (Wildman–Crippen MR) is 57.2 cm³/mol. The summed E-state index contributed by atoms with van der Waals surface area (Å²) in [6.45, 7) is 1.15. The molecule has 0 aromatic heterocycles. The van der Waals surface area contributed by atoms with Crippen molar-refractivity contribution in [2.75, 3.05) is 18.7 Å². The van der Waals surface area contributed by atoms with Gasteiger partial charge in [0.25, 0.3) is 0 Å². The molecule has 1 aromatic carbocycles. The second kappa shape index (κ2) is 3.03. The van der Waals surface area contributed by atoms with Crippen LogP contribution in [-0.2, 0) is 0 Å². The molecular weight excluding hydrogens is 192 g/mol. The number of fused-ring (bicyclic) bond motifs is 1. The molecule has 4 heteroatoms. The molecule has 0 unspecified atom stereocenters. The molecular formula is C11H14N2O2. The average Bonchev–Trinajstić information content (AvgIpc) is 2.80. The number of hydrogen-bond donors (Lipinski definition) is 2. The van der Waals surface area contributed by atoms with Gasteiger partial charge in [-0.3, -0.25) is 0 Å². The third kappa shape index (κ3) is 1.72. The molecule has 80 valence electrons. The summed E-state index contributed by atoms with van der Waals surface area (Å²) >= 11 is 0. The number of anilines is 1. The lowest BCUT2D eigenvalue weighted by Crippen LogP contribution is -2.30. The molecule has 15 heavy (non-hydrogen) atoms. The van der Waals surface area contributed by atoms with Gasteiger partial charge >= 0.3 is 0 Å². The van der Waals surface area contributed by atoms with Crippen molar-refractivity contribution < 1.29 is 9.47 Å². The molecule has 0 radical (unpaired) electrons. The van der Waals surface area contributed by atoms with Crippen LogP contribution in [0, 0.1) is 0 Å². The quantitative estimate of drug-likeness (QED) is 0.783. The van der Waals surface area contributed by atoms with Crippen molar-refractivity contribution in [3.63, 3.8) is 0 Å². The van der Waals surface area contributed by atoms with Crippen molar-refractivity contribution in [3.8, 4) is 11.5 Å².